The molecule has 3 N–H and O–H groups in total. The van der Waals surface area contributed by atoms with Gasteiger partial charge < -0.3 is 19.4 Å². The average molecular weight is 406 g/mol. The smallest absolute Gasteiger partial charge is 0.303 e. The molecule has 9 heteroatoms. The number of unbranched alkanes of at least 4 members (excludes halogenated alkanes) is 4. The molecule has 1 unspecified atom stereocenters. The van der Waals surface area contributed by atoms with Crippen LogP contribution in [0.5, 0.6) is 0 Å². The SMILES string of the molecule is O=C(O)CCCCCCNS(=O)(=O)CCCCC(O)COCc1ccco1. The predicted octanol–water partition coefficient (Wildman–Crippen LogP) is 2.28. The summed E-state index contributed by atoms with van der Waals surface area (Å²) < 4.78 is 36.7. The quantitative estimate of drug-likeness (QED) is 0.339. The molecular weight excluding hydrogens is 374 g/mol. The Bertz CT molecular complexity index is 601. The summed E-state index contributed by atoms with van der Waals surface area (Å²) in [4.78, 5) is 10.4. The molecule has 8 nitrogen and oxygen atoms in total. The van der Waals surface area contributed by atoms with E-state index in [9.17, 15) is 18.3 Å². The Kier molecular flexibility index (Phi) is 12.0. The van der Waals surface area contributed by atoms with Crippen molar-refractivity contribution in [2.24, 2.45) is 0 Å². The van der Waals surface area contributed by atoms with Crippen LogP contribution in [0.4, 0.5) is 0 Å². The Morgan fingerprint density at radius 1 is 1.19 bits per heavy atom. The van der Waals surface area contributed by atoms with Crippen LogP contribution in [-0.2, 0) is 26.2 Å². The Morgan fingerprint density at radius 2 is 1.96 bits per heavy atom. The molecular formula is C18H31NO7S. The van der Waals surface area contributed by atoms with Gasteiger partial charge in [-0.15, -0.1) is 0 Å². The predicted molar refractivity (Wildman–Crippen MR) is 101 cm³/mol. The summed E-state index contributed by atoms with van der Waals surface area (Å²) in [5.41, 5.74) is 0. The highest BCUT2D eigenvalue weighted by Crippen LogP contribution is 2.07. The van der Waals surface area contributed by atoms with E-state index in [1.165, 1.54) is 0 Å². The first-order valence-electron chi connectivity index (χ1n) is 9.36. The van der Waals surface area contributed by atoms with Gasteiger partial charge in [-0.1, -0.05) is 12.8 Å². The van der Waals surface area contributed by atoms with Gasteiger partial charge in [0.2, 0.25) is 10.0 Å². The van der Waals surface area contributed by atoms with Crippen LogP contribution in [0.2, 0.25) is 0 Å². The van der Waals surface area contributed by atoms with Crippen LogP contribution in [0.1, 0.15) is 57.1 Å². The minimum Gasteiger partial charge on any atom is -0.481 e. The molecule has 1 aromatic heterocycles. The molecule has 0 aliphatic rings. The number of sulfonamides is 1. The number of hydrogen-bond acceptors (Lipinski definition) is 6. The molecule has 0 fully saturated rings. The number of carboxylic acids is 1. The second-order valence-electron chi connectivity index (χ2n) is 6.52. The van der Waals surface area contributed by atoms with Crippen molar-refractivity contribution < 1.29 is 32.6 Å². The Morgan fingerprint density at radius 3 is 2.67 bits per heavy atom. The van der Waals surface area contributed by atoms with Gasteiger partial charge in [0.1, 0.15) is 12.4 Å². The van der Waals surface area contributed by atoms with Gasteiger partial charge in [0, 0.05) is 13.0 Å². The van der Waals surface area contributed by atoms with E-state index >= 15 is 0 Å². The highest BCUT2D eigenvalue weighted by Gasteiger charge is 2.11. The van der Waals surface area contributed by atoms with E-state index in [1.807, 2.05) is 0 Å². The summed E-state index contributed by atoms with van der Waals surface area (Å²) in [7, 11) is -3.30. The Labute approximate surface area is 161 Å². The summed E-state index contributed by atoms with van der Waals surface area (Å²) in [5.74, 6) is -0.0717. The molecule has 0 bridgehead atoms. The molecule has 1 rings (SSSR count). The third-order valence-electron chi connectivity index (χ3n) is 3.97. The number of aliphatic hydroxyl groups is 1. The fourth-order valence-electron chi connectivity index (χ4n) is 2.50. The van der Waals surface area contributed by atoms with Crippen molar-refractivity contribution >= 4 is 16.0 Å². The number of aliphatic carboxylic acids is 1. The monoisotopic (exact) mass is 405 g/mol. The van der Waals surface area contributed by atoms with Crippen LogP contribution in [0, 0.1) is 0 Å². The third kappa shape index (κ3) is 13.4. The fraction of sp³-hybridized carbons (Fsp3) is 0.722. The highest BCUT2D eigenvalue weighted by atomic mass is 32.2. The van der Waals surface area contributed by atoms with Crippen molar-refractivity contribution in [3.05, 3.63) is 24.2 Å². The molecule has 0 aliphatic heterocycles. The molecule has 1 aromatic rings. The summed E-state index contributed by atoms with van der Waals surface area (Å²) in [5, 5.41) is 18.4. The molecule has 27 heavy (non-hydrogen) atoms. The van der Waals surface area contributed by atoms with Gasteiger partial charge in [-0.05, 0) is 44.2 Å². The van der Waals surface area contributed by atoms with E-state index in [4.69, 9.17) is 14.3 Å². The first-order chi connectivity index (χ1) is 12.9. The number of carboxylic acid groups (broad SMARTS) is 1. The van der Waals surface area contributed by atoms with Crippen molar-refractivity contribution in [2.75, 3.05) is 18.9 Å². The summed E-state index contributed by atoms with van der Waals surface area (Å²) in [6.07, 6.45) is 5.56. The maximum Gasteiger partial charge on any atom is 0.303 e. The van der Waals surface area contributed by atoms with Crippen molar-refractivity contribution in [3.63, 3.8) is 0 Å². The maximum absolute atomic E-state index is 11.9. The summed E-state index contributed by atoms with van der Waals surface area (Å²) in [6, 6.07) is 3.56. The lowest BCUT2D eigenvalue weighted by Crippen LogP contribution is -2.27. The van der Waals surface area contributed by atoms with Crippen molar-refractivity contribution in [1.29, 1.82) is 0 Å². The van der Waals surface area contributed by atoms with Gasteiger partial charge in [0.15, 0.2) is 0 Å². The lowest BCUT2D eigenvalue weighted by molar-refractivity contribution is -0.137. The molecule has 0 aliphatic carbocycles. The van der Waals surface area contributed by atoms with E-state index in [2.05, 4.69) is 4.72 Å². The van der Waals surface area contributed by atoms with Gasteiger partial charge in [0.25, 0.3) is 0 Å². The molecule has 1 atom stereocenters. The average Bonchev–Trinajstić information content (AvgIpc) is 3.11. The first kappa shape index (κ1) is 23.6. The lowest BCUT2D eigenvalue weighted by Gasteiger charge is -2.11. The Balaban J connectivity index is 1.97. The number of carbonyl (C=O) groups is 1. The van der Waals surface area contributed by atoms with E-state index in [0.717, 1.165) is 12.8 Å². The van der Waals surface area contributed by atoms with Gasteiger partial charge >= 0.3 is 5.97 Å². The number of furan rings is 1. The summed E-state index contributed by atoms with van der Waals surface area (Å²) in [6.45, 7) is 0.866. The van der Waals surface area contributed by atoms with Gasteiger partial charge in [0.05, 0.1) is 24.7 Å². The number of rotatable bonds is 17. The van der Waals surface area contributed by atoms with E-state index < -0.39 is 22.1 Å². The zero-order chi connectivity index (χ0) is 20.0. The molecule has 0 aromatic carbocycles. The molecule has 0 spiro atoms. The van der Waals surface area contributed by atoms with E-state index in [-0.39, 0.29) is 18.8 Å². The second kappa shape index (κ2) is 13.7. The minimum atomic E-state index is -3.30. The molecule has 0 saturated carbocycles. The molecule has 0 amide bonds. The van der Waals surface area contributed by atoms with Crippen molar-refractivity contribution in [3.8, 4) is 0 Å². The summed E-state index contributed by atoms with van der Waals surface area (Å²) >= 11 is 0. The fourth-order valence-corrected chi connectivity index (χ4v) is 3.68. The number of nitrogens with one attached hydrogen (secondary N) is 1. The van der Waals surface area contributed by atoms with Gasteiger partial charge in [-0.2, -0.15) is 0 Å². The Hall–Kier alpha value is -1.42. The van der Waals surface area contributed by atoms with Crippen LogP contribution in [-0.4, -0.2) is 49.6 Å². The number of ether oxygens (including phenoxy) is 1. The maximum atomic E-state index is 11.9. The zero-order valence-corrected chi connectivity index (χ0v) is 16.5. The third-order valence-corrected chi connectivity index (χ3v) is 5.44. The highest BCUT2D eigenvalue weighted by molar-refractivity contribution is 7.89. The first-order valence-corrected chi connectivity index (χ1v) is 11.0. The molecule has 156 valence electrons. The van der Waals surface area contributed by atoms with Crippen molar-refractivity contribution in [1.82, 2.24) is 4.72 Å². The number of hydrogen-bond donors (Lipinski definition) is 3. The standard InChI is InChI=1S/C18H31NO7S/c20-16(14-25-15-17-9-7-12-26-17)8-4-6-13-27(23,24)19-11-5-2-1-3-10-18(21)22/h7,9,12,16,19-20H,1-6,8,10-11,13-15H2,(H,21,22). The van der Waals surface area contributed by atoms with E-state index in [1.54, 1.807) is 18.4 Å². The minimum absolute atomic E-state index is 0.0337. The normalized spacial score (nSPS) is 12.9. The molecule has 0 radical (unpaired) electrons. The van der Waals surface area contributed by atoms with Crippen LogP contribution >= 0.6 is 0 Å². The van der Waals surface area contributed by atoms with E-state index in [0.29, 0.717) is 51.0 Å². The molecule has 1 heterocycles. The lowest BCUT2D eigenvalue weighted by atomic mass is 10.1. The van der Waals surface area contributed by atoms with Crippen LogP contribution in [0.25, 0.3) is 0 Å². The van der Waals surface area contributed by atoms with Crippen LogP contribution < -0.4 is 4.72 Å². The van der Waals surface area contributed by atoms with Gasteiger partial charge in [-0.25, -0.2) is 13.1 Å². The topological polar surface area (TPSA) is 126 Å². The van der Waals surface area contributed by atoms with Gasteiger partial charge in [-0.3, -0.25) is 4.79 Å². The second-order valence-corrected chi connectivity index (χ2v) is 8.44. The zero-order valence-electron chi connectivity index (χ0n) is 15.6. The van der Waals surface area contributed by atoms with Crippen molar-refractivity contribution in [2.45, 2.75) is 64.1 Å². The number of aliphatic hydroxyl groups excluding tert-OH is 1. The van der Waals surface area contributed by atoms with Crippen LogP contribution in [0.3, 0.4) is 0 Å². The molecule has 0 saturated heterocycles. The largest absolute Gasteiger partial charge is 0.481 e. The van der Waals surface area contributed by atoms with Crippen LogP contribution in [0.15, 0.2) is 22.8 Å².